The highest BCUT2D eigenvalue weighted by Crippen LogP contribution is 2.20. The number of hydrogen-bond donors (Lipinski definition) is 0. The van der Waals surface area contributed by atoms with Crippen LogP contribution in [-0.4, -0.2) is 7.11 Å². The van der Waals surface area contributed by atoms with Crippen LogP contribution in [0.15, 0.2) is 24.3 Å². The van der Waals surface area contributed by atoms with Gasteiger partial charge in [0.2, 0.25) is 0 Å². The molecule has 0 aromatic heterocycles. The van der Waals surface area contributed by atoms with Crippen molar-refractivity contribution in [2.45, 2.75) is 19.3 Å². The molecule has 0 bridgehead atoms. The second-order valence-corrected chi connectivity index (χ2v) is 2.86. The van der Waals surface area contributed by atoms with Crippen molar-refractivity contribution in [1.29, 1.82) is 5.26 Å². The number of rotatable bonds is 3. The van der Waals surface area contributed by atoms with Gasteiger partial charge in [-0.05, 0) is 24.1 Å². The lowest BCUT2D eigenvalue weighted by Gasteiger charge is -2.06. The quantitative estimate of drug-likeness (QED) is 0.707. The molecule has 0 amide bonds. The molecule has 1 aromatic carbocycles. The molecule has 1 unspecified atom stereocenters. The van der Waals surface area contributed by atoms with Crippen LogP contribution in [0.25, 0.3) is 0 Å². The van der Waals surface area contributed by atoms with Gasteiger partial charge in [-0.1, -0.05) is 19.1 Å². The summed E-state index contributed by atoms with van der Waals surface area (Å²) in [5.74, 6) is 0.836. The lowest BCUT2D eigenvalue weighted by molar-refractivity contribution is 0.414. The van der Waals surface area contributed by atoms with Gasteiger partial charge in [0, 0.05) is 0 Å². The van der Waals surface area contributed by atoms with Crippen LogP contribution in [0.5, 0.6) is 5.75 Å². The second kappa shape index (κ2) is 4.51. The van der Waals surface area contributed by atoms with E-state index >= 15 is 0 Å². The van der Waals surface area contributed by atoms with Crippen LogP contribution in [0, 0.1) is 11.3 Å². The second-order valence-electron chi connectivity index (χ2n) is 2.86. The number of hydrogen-bond acceptors (Lipinski definition) is 2. The third kappa shape index (κ3) is 2.22. The Morgan fingerprint density at radius 2 is 2.00 bits per heavy atom. The molecule has 0 spiro atoms. The molecule has 0 saturated carbocycles. The molecule has 0 fully saturated rings. The van der Waals surface area contributed by atoms with Crippen molar-refractivity contribution in [3.05, 3.63) is 29.8 Å². The molecule has 0 saturated heterocycles. The van der Waals surface area contributed by atoms with Crippen molar-refractivity contribution in [2.75, 3.05) is 7.11 Å². The molecular formula is C11H13NO. The van der Waals surface area contributed by atoms with Crippen molar-refractivity contribution in [2.24, 2.45) is 0 Å². The predicted octanol–water partition coefficient (Wildman–Crippen LogP) is 2.71. The summed E-state index contributed by atoms with van der Waals surface area (Å²) in [5.41, 5.74) is 1.06. The highest BCUT2D eigenvalue weighted by molar-refractivity contribution is 5.31. The van der Waals surface area contributed by atoms with Crippen LogP contribution in [-0.2, 0) is 0 Å². The Labute approximate surface area is 78.8 Å². The van der Waals surface area contributed by atoms with E-state index in [1.165, 1.54) is 0 Å². The normalized spacial score (nSPS) is 11.8. The standard InChI is InChI=1S/C11H13NO/c1-3-9(8-12)10-4-6-11(13-2)7-5-10/h4-7,9H,3H2,1-2H3. The lowest BCUT2D eigenvalue weighted by atomic mass is 9.98. The van der Waals surface area contributed by atoms with E-state index in [1.54, 1.807) is 7.11 Å². The largest absolute Gasteiger partial charge is 0.497 e. The monoisotopic (exact) mass is 175 g/mol. The first-order valence-corrected chi connectivity index (χ1v) is 4.35. The van der Waals surface area contributed by atoms with E-state index in [4.69, 9.17) is 10.00 Å². The van der Waals surface area contributed by atoms with E-state index in [0.29, 0.717) is 0 Å². The Kier molecular flexibility index (Phi) is 3.33. The number of nitriles is 1. The summed E-state index contributed by atoms with van der Waals surface area (Å²) in [7, 11) is 1.64. The number of ether oxygens (including phenoxy) is 1. The first-order chi connectivity index (χ1) is 6.31. The summed E-state index contributed by atoms with van der Waals surface area (Å²) >= 11 is 0. The zero-order valence-corrected chi connectivity index (χ0v) is 7.95. The fourth-order valence-electron chi connectivity index (χ4n) is 1.24. The summed E-state index contributed by atoms with van der Waals surface area (Å²) in [4.78, 5) is 0. The minimum absolute atomic E-state index is 0.00547. The Bertz CT molecular complexity index is 297. The summed E-state index contributed by atoms with van der Waals surface area (Å²) in [6.45, 7) is 2.01. The lowest BCUT2D eigenvalue weighted by Crippen LogP contribution is -1.93. The predicted molar refractivity (Wildman–Crippen MR) is 51.6 cm³/mol. The Morgan fingerprint density at radius 1 is 1.38 bits per heavy atom. The smallest absolute Gasteiger partial charge is 0.118 e. The van der Waals surface area contributed by atoms with E-state index in [1.807, 2.05) is 31.2 Å². The van der Waals surface area contributed by atoms with Gasteiger partial charge < -0.3 is 4.74 Å². The first kappa shape index (κ1) is 9.60. The molecule has 0 N–H and O–H groups in total. The molecule has 1 rings (SSSR count). The van der Waals surface area contributed by atoms with Gasteiger partial charge in [0.1, 0.15) is 5.75 Å². The fraction of sp³-hybridized carbons (Fsp3) is 0.364. The van der Waals surface area contributed by atoms with Crippen molar-refractivity contribution in [1.82, 2.24) is 0 Å². The molecule has 0 heterocycles. The van der Waals surface area contributed by atoms with E-state index in [9.17, 15) is 0 Å². The molecule has 68 valence electrons. The third-order valence-electron chi connectivity index (χ3n) is 2.08. The van der Waals surface area contributed by atoms with Crippen LogP contribution in [0.3, 0.4) is 0 Å². The van der Waals surface area contributed by atoms with Gasteiger partial charge in [-0.3, -0.25) is 0 Å². The molecular weight excluding hydrogens is 162 g/mol. The summed E-state index contributed by atoms with van der Waals surface area (Å²) in [6, 6.07) is 9.91. The average molecular weight is 175 g/mol. The number of methoxy groups -OCH3 is 1. The first-order valence-electron chi connectivity index (χ1n) is 4.35. The van der Waals surface area contributed by atoms with Gasteiger partial charge in [0.05, 0.1) is 19.1 Å². The Balaban J connectivity index is 2.86. The van der Waals surface area contributed by atoms with E-state index in [0.717, 1.165) is 17.7 Å². The van der Waals surface area contributed by atoms with Gasteiger partial charge in [-0.2, -0.15) is 5.26 Å². The molecule has 13 heavy (non-hydrogen) atoms. The Morgan fingerprint density at radius 3 is 2.38 bits per heavy atom. The maximum atomic E-state index is 8.82. The van der Waals surface area contributed by atoms with Gasteiger partial charge in [-0.15, -0.1) is 0 Å². The van der Waals surface area contributed by atoms with E-state index in [2.05, 4.69) is 6.07 Å². The maximum Gasteiger partial charge on any atom is 0.118 e. The van der Waals surface area contributed by atoms with Gasteiger partial charge in [0.25, 0.3) is 0 Å². The minimum Gasteiger partial charge on any atom is -0.497 e. The zero-order valence-electron chi connectivity index (χ0n) is 7.95. The van der Waals surface area contributed by atoms with Gasteiger partial charge in [-0.25, -0.2) is 0 Å². The topological polar surface area (TPSA) is 33.0 Å². The Hall–Kier alpha value is -1.49. The molecule has 0 radical (unpaired) electrons. The number of benzene rings is 1. The highest BCUT2D eigenvalue weighted by atomic mass is 16.5. The minimum atomic E-state index is 0.00547. The zero-order chi connectivity index (χ0) is 9.68. The van der Waals surface area contributed by atoms with Crippen LogP contribution < -0.4 is 4.74 Å². The molecule has 1 atom stereocenters. The van der Waals surface area contributed by atoms with Crippen LogP contribution in [0.4, 0.5) is 0 Å². The molecule has 0 aliphatic rings. The van der Waals surface area contributed by atoms with Gasteiger partial charge >= 0.3 is 0 Å². The van der Waals surface area contributed by atoms with Crippen LogP contribution >= 0.6 is 0 Å². The fourth-order valence-corrected chi connectivity index (χ4v) is 1.24. The van der Waals surface area contributed by atoms with Crippen molar-refractivity contribution in [3.8, 4) is 11.8 Å². The highest BCUT2D eigenvalue weighted by Gasteiger charge is 2.06. The van der Waals surface area contributed by atoms with Crippen molar-refractivity contribution in [3.63, 3.8) is 0 Å². The maximum absolute atomic E-state index is 8.82. The van der Waals surface area contributed by atoms with Crippen LogP contribution in [0.1, 0.15) is 24.8 Å². The van der Waals surface area contributed by atoms with Crippen LogP contribution in [0.2, 0.25) is 0 Å². The molecule has 2 heteroatoms. The third-order valence-corrected chi connectivity index (χ3v) is 2.08. The summed E-state index contributed by atoms with van der Waals surface area (Å²) in [5, 5.41) is 8.82. The molecule has 0 aliphatic heterocycles. The molecule has 2 nitrogen and oxygen atoms in total. The van der Waals surface area contributed by atoms with Crippen molar-refractivity contribution >= 4 is 0 Å². The van der Waals surface area contributed by atoms with Gasteiger partial charge in [0.15, 0.2) is 0 Å². The number of nitrogens with zero attached hydrogens (tertiary/aromatic N) is 1. The molecule has 0 aliphatic carbocycles. The summed E-state index contributed by atoms with van der Waals surface area (Å²) in [6.07, 6.45) is 0.850. The average Bonchev–Trinajstić information content (AvgIpc) is 2.21. The molecule has 1 aromatic rings. The van der Waals surface area contributed by atoms with Crippen molar-refractivity contribution < 1.29 is 4.74 Å². The summed E-state index contributed by atoms with van der Waals surface area (Å²) < 4.78 is 5.03. The SMILES string of the molecule is CCC(C#N)c1ccc(OC)cc1. The van der Waals surface area contributed by atoms with E-state index < -0.39 is 0 Å². The van der Waals surface area contributed by atoms with E-state index in [-0.39, 0.29) is 5.92 Å².